The summed E-state index contributed by atoms with van der Waals surface area (Å²) in [4.78, 5) is 13.7. The Morgan fingerprint density at radius 2 is 2.06 bits per heavy atom. The Hall–Kier alpha value is -0.660. The summed E-state index contributed by atoms with van der Waals surface area (Å²) in [5.74, 6) is 0.574. The van der Waals surface area contributed by atoms with Gasteiger partial charge in [-0.2, -0.15) is 0 Å². The topological polar surface area (TPSA) is 55.3 Å². The third-order valence-electron chi connectivity index (χ3n) is 2.38. The van der Waals surface area contributed by atoms with Crippen LogP contribution in [0.4, 0.5) is 0 Å². The molecule has 1 aromatic rings. The van der Waals surface area contributed by atoms with E-state index in [0.717, 1.165) is 29.7 Å². The van der Waals surface area contributed by atoms with Crippen LogP contribution in [0.3, 0.4) is 0 Å². The first-order chi connectivity index (χ1) is 8.71. The van der Waals surface area contributed by atoms with Crippen molar-refractivity contribution in [3.63, 3.8) is 0 Å². The largest absolute Gasteiger partial charge is 0.461 e. The molecular formula is C11H19N3O2S2. The Labute approximate surface area is 116 Å². The molecule has 1 aromatic heterocycles. The van der Waals surface area contributed by atoms with Gasteiger partial charge in [0.2, 0.25) is 5.01 Å². The first kappa shape index (κ1) is 15.4. The molecule has 1 rings (SSSR count). The molecule has 0 aliphatic rings. The molecule has 0 aromatic carbocycles. The molecule has 0 amide bonds. The quantitative estimate of drug-likeness (QED) is 0.540. The fraction of sp³-hybridized carbons (Fsp3) is 0.727. The maximum Gasteiger partial charge on any atom is 0.369 e. The van der Waals surface area contributed by atoms with E-state index < -0.39 is 0 Å². The highest BCUT2D eigenvalue weighted by Crippen LogP contribution is 2.22. The lowest BCUT2D eigenvalue weighted by Crippen LogP contribution is -2.25. The van der Waals surface area contributed by atoms with Crippen LogP contribution >= 0.6 is 23.1 Å². The fourth-order valence-electron chi connectivity index (χ4n) is 1.35. The van der Waals surface area contributed by atoms with Gasteiger partial charge in [-0.05, 0) is 20.0 Å². The summed E-state index contributed by atoms with van der Waals surface area (Å²) in [6, 6.07) is 0. The van der Waals surface area contributed by atoms with Crippen molar-refractivity contribution in [1.82, 2.24) is 15.1 Å². The Morgan fingerprint density at radius 3 is 2.67 bits per heavy atom. The fourth-order valence-corrected chi connectivity index (χ4v) is 3.16. The molecule has 0 N–H and O–H groups in total. The number of carbonyl (C=O) groups is 1. The van der Waals surface area contributed by atoms with Gasteiger partial charge in [0.25, 0.3) is 0 Å². The molecule has 0 saturated carbocycles. The Bertz CT molecular complexity index is 367. The monoisotopic (exact) mass is 289 g/mol. The molecule has 1 heterocycles. The molecule has 0 spiro atoms. The molecule has 0 unspecified atom stereocenters. The van der Waals surface area contributed by atoms with Crippen molar-refractivity contribution in [2.45, 2.75) is 25.1 Å². The summed E-state index contributed by atoms with van der Waals surface area (Å²) in [6.45, 7) is 9.58. The van der Waals surface area contributed by atoms with E-state index in [0.29, 0.717) is 11.6 Å². The molecule has 0 radical (unpaired) electrons. The zero-order valence-corrected chi connectivity index (χ0v) is 12.6. The molecule has 7 heteroatoms. The van der Waals surface area contributed by atoms with E-state index in [1.54, 1.807) is 18.7 Å². The van der Waals surface area contributed by atoms with Crippen LogP contribution in [0, 0.1) is 0 Å². The van der Waals surface area contributed by atoms with Crippen LogP contribution in [-0.2, 0) is 4.74 Å². The molecule has 5 nitrogen and oxygen atoms in total. The van der Waals surface area contributed by atoms with E-state index in [-0.39, 0.29) is 5.97 Å². The summed E-state index contributed by atoms with van der Waals surface area (Å²) in [5, 5.41) is 8.15. The summed E-state index contributed by atoms with van der Waals surface area (Å²) in [6.07, 6.45) is 0. The third kappa shape index (κ3) is 4.91. The number of hydrogen-bond donors (Lipinski definition) is 0. The Balaban J connectivity index is 2.37. The maximum atomic E-state index is 11.4. The minimum Gasteiger partial charge on any atom is -0.461 e. The molecule has 0 aliphatic heterocycles. The first-order valence-corrected chi connectivity index (χ1v) is 7.87. The van der Waals surface area contributed by atoms with E-state index >= 15 is 0 Å². The van der Waals surface area contributed by atoms with Crippen molar-refractivity contribution in [3.8, 4) is 0 Å². The Morgan fingerprint density at radius 1 is 1.33 bits per heavy atom. The second kappa shape index (κ2) is 8.44. The lowest BCUT2D eigenvalue weighted by molar-refractivity contribution is 0.0525. The lowest BCUT2D eigenvalue weighted by atomic mass is 10.5. The van der Waals surface area contributed by atoms with Crippen LogP contribution in [0.5, 0.6) is 0 Å². The van der Waals surface area contributed by atoms with Gasteiger partial charge < -0.3 is 9.64 Å². The highest BCUT2D eigenvalue weighted by atomic mass is 32.2. The van der Waals surface area contributed by atoms with E-state index in [2.05, 4.69) is 28.9 Å². The highest BCUT2D eigenvalue weighted by molar-refractivity contribution is 8.01. The van der Waals surface area contributed by atoms with Gasteiger partial charge in [-0.3, -0.25) is 0 Å². The molecule has 0 fully saturated rings. The van der Waals surface area contributed by atoms with Crippen molar-refractivity contribution in [2.75, 3.05) is 32.0 Å². The summed E-state index contributed by atoms with van der Waals surface area (Å²) in [7, 11) is 0. The highest BCUT2D eigenvalue weighted by Gasteiger charge is 2.13. The van der Waals surface area contributed by atoms with Gasteiger partial charge >= 0.3 is 5.97 Å². The minimum absolute atomic E-state index is 0.335. The zero-order chi connectivity index (χ0) is 13.4. The SMILES string of the molecule is CCOC(=O)c1nnc(SCCN(CC)CC)s1. The molecule has 0 atom stereocenters. The van der Waals surface area contributed by atoms with Crippen molar-refractivity contribution in [2.24, 2.45) is 0 Å². The van der Waals surface area contributed by atoms with E-state index in [9.17, 15) is 4.79 Å². The van der Waals surface area contributed by atoms with Crippen molar-refractivity contribution >= 4 is 29.1 Å². The number of carbonyl (C=O) groups excluding carboxylic acids is 1. The number of nitrogens with zero attached hydrogens (tertiary/aromatic N) is 3. The van der Waals surface area contributed by atoms with Crippen LogP contribution < -0.4 is 0 Å². The molecule has 0 aliphatic carbocycles. The maximum absolute atomic E-state index is 11.4. The van der Waals surface area contributed by atoms with Crippen LogP contribution in [0.2, 0.25) is 0 Å². The van der Waals surface area contributed by atoms with Gasteiger partial charge in [0, 0.05) is 12.3 Å². The predicted molar refractivity (Wildman–Crippen MR) is 74.4 cm³/mol. The van der Waals surface area contributed by atoms with Crippen molar-refractivity contribution in [3.05, 3.63) is 5.01 Å². The lowest BCUT2D eigenvalue weighted by Gasteiger charge is -2.16. The standard InChI is InChI=1S/C11H19N3O2S2/c1-4-14(5-2)7-8-17-11-13-12-9(18-11)10(15)16-6-3/h4-8H2,1-3H3. The number of ether oxygens (including phenoxy) is 1. The molecule has 18 heavy (non-hydrogen) atoms. The van der Waals surface area contributed by atoms with Gasteiger partial charge in [-0.25, -0.2) is 4.79 Å². The third-order valence-corrected chi connectivity index (χ3v) is 4.40. The smallest absolute Gasteiger partial charge is 0.369 e. The minimum atomic E-state index is -0.384. The average Bonchev–Trinajstić information content (AvgIpc) is 2.84. The average molecular weight is 289 g/mol. The van der Waals surface area contributed by atoms with E-state index in [1.165, 1.54) is 11.3 Å². The first-order valence-electron chi connectivity index (χ1n) is 6.07. The van der Waals surface area contributed by atoms with Crippen molar-refractivity contribution < 1.29 is 9.53 Å². The normalized spacial score (nSPS) is 10.9. The molecular weight excluding hydrogens is 270 g/mol. The van der Waals surface area contributed by atoms with Crippen LogP contribution in [0.25, 0.3) is 0 Å². The number of esters is 1. The van der Waals surface area contributed by atoms with Gasteiger partial charge in [0.05, 0.1) is 6.61 Å². The zero-order valence-electron chi connectivity index (χ0n) is 11.0. The summed E-state index contributed by atoms with van der Waals surface area (Å²) in [5.41, 5.74) is 0. The second-order valence-corrected chi connectivity index (χ2v) is 5.79. The van der Waals surface area contributed by atoms with Gasteiger partial charge in [-0.1, -0.05) is 36.9 Å². The van der Waals surface area contributed by atoms with Crippen LogP contribution in [-0.4, -0.2) is 53.1 Å². The predicted octanol–water partition coefficient (Wildman–Crippen LogP) is 2.15. The van der Waals surface area contributed by atoms with Gasteiger partial charge in [0.15, 0.2) is 4.34 Å². The Kier molecular flexibility index (Phi) is 7.22. The van der Waals surface area contributed by atoms with Crippen LogP contribution in [0.1, 0.15) is 30.6 Å². The number of rotatable bonds is 8. The van der Waals surface area contributed by atoms with Crippen molar-refractivity contribution in [1.29, 1.82) is 0 Å². The van der Waals surface area contributed by atoms with E-state index in [1.807, 2.05) is 0 Å². The number of hydrogen-bond acceptors (Lipinski definition) is 7. The summed E-state index contributed by atoms with van der Waals surface area (Å²) >= 11 is 2.93. The molecule has 0 saturated heterocycles. The molecule has 0 bridgehead atoms. The number of thioether (sulfide) groups is 1. The van der Waals surface area contributed by atoms with Gasteiger partial charge in [-0.15, -0.1) is 10.2 Å². The second-order valence-electron chi connectivity index (χ2n) is 3.47. The number of aromatic nitrogens is 2. The van der Waals surface area contributed by atoms with Crippen LogP contribution in [0.15, 0.2) is 4.34 Å². The van der Waals surface area contributed by atoms with Gasteiger partial charge in [0.1, 0.15) is 0 Å². The summed E-state index contributed by atoms with van der Waals surface area (Å²) < 4.78 is 5.69. The van der Waals surface area contributed by atoms with E-state index in [4.69, 9.17) is 4.74 Å². The molecule has 102 valence electrons.